The standard InChI is InChI=1S/C11H24B/c1-6-11(7-2,12-5)9-8-10(3)4/h10H,6-9H2,1-5H3. The maximum absolute atomic E-state index is 2.41. The van der Waals surface area contributed by atoms with Crippen molar-refractivity contribution in [3.05, 3.63) is 0 Å². The lowest BCUT2D eigenvalue weighted by Crippen LogP contribution is -2.17. The smallest absolute Gasteiger partial charge is 0.0914 e. The third-order valence-electron chi connectivity index (χ3n) is 3.24. The van der Waals surface area contributed by atoms with Gasteiger partial charge in [0.2, 0.25) is 0 Å². The molecule has 71 valence electrons. The quantitative estimate of drug-likeness (QED) is 0.521. The number of hydrogen-bond donors (Lipinski definition) is 0. The molecule has 0 unspecified atom stereocenters. The van der Waals surface area contributed by atoms with Crippen molar-refractivity contribution in [2.24, 2.45) is 5.92 Å². The van der Waals surface area contributed by atoms with Gasteiger partial charge in [0.25, 0.3) is 0 Å². The topological polar surface area (TPSA) is 0 Å². The maximum Gasteiger partial charge on any atom is 0.114 e. The molecule has 0 aromatic heterocycles. The fraction of sp³-hybridized carbons (Fsp3) is 1.00. The van der Waals surface area contributed by atoms with Gasteiger partial charge in [-0.05, 0) is 5.92 Å². The average molecular weight is 167 g/mol. The van der Waals surface area contributed by atoms with E-state index in [9.17, 15) is 0 Å². The van der Waals surface area contributed by atoms with E-state index in [1.807, 2.05) is 0 Å². The van der Waals surface area contributed by atoms with E-state index in [0.717, 1.165) is 5.92 Å². The minimum atomic E-state index is 0.532. The van der Waals surface area contributed by atoms with Crippen molar-refractivity contribution >= 4 is 7.28 Å². The zero-order valence-electron chi connectivity index (χ0n) is 9.48. The number of rotatable bonds is 6. The van der Waals surface area contributed by atoms with Crippen molar-refractivity contribution in [3.8, 4) is 0 Å². The zero-order chi connectivity index (χ0) is 9.61. The molecule has 12 heavy (non-hydrogen) atoms. The van der Waals surface area contributed by atoms with Gasteiger partial charge in [-0.1, -0.05) is 65.5 Å². The van der Waals surface area contributed by atoms with Crippen LogP contribution in [0.3, 0.4) is 0 Å². The Kier molecular flexibility index (Phi) is 5.70. The first-order valence-corrected chi connectivity index (χ1v) is 5.40. The Balaban J connectivity index is 3.93. The highest BCUT2D eigenvalue weighted by Crippen LogP contribution is 2.39. The summed E-state index contributed by atoms with van der Waals surface area (Å²) in [5.74, 6) is 0.849. The van der Waals surface area contributed by atoms with E-state index in [-0.39, 0.29) is 0 Å². The summed E-state index contributed by atoms with van der Waals surface area (Å²) in [6.07, 6.45) is 5.33. The molecule has 0 fully saturated rings. The molecule has 0 atom stereocenters. The van der Waals surface area contributed by atoms with Crippen molar-refractivity contribution < 1.29 is 0 Å². The Morgan fingerprint density at radius 2 is 1.67 bits per heavy atom. The van der Waals surface area contributed by atoms with Crippen LogP contribution in [0.5, 0.6) is 0 Å². The molecule has 0 nitrogen and oxygen atoms in total. The highest BCUT2D eigenvalue weighted by atomic mass is 14.2. The number of hydrogen-bond acceptors (Lipinski definition) is 0. The SMILES string of the molecule is C[B]C(CC)(CC)CCC(C)C. The van der Waals surface area contributed by atoms with Crippen LogP contribution in [0.1, 0.15) is 53.4 Å². The minimum absolute atomic E-state index is 0.532. The van der Waals surface area contributed by atoms with Gasteiger partial charge in [0.05, 0.1) is 0 Å². The van der Waals surface area contributed by atoms with E-state index >= 15 is 0 Å². The Bertz CT molecular complexity index is 95.3. The van der Waals surface area contributed by atoms with Gasteiger partial charge in [-0.15, -0.1) is 0 Å². The molecular weight excluding hydrogens is 143 g/mol. The molecule has 0 aromatic rings. The minimum Gasteiger partial charge on any atom is -0.0914 e. The third-order valence-corrected chi connectivity index (χ3v) is 3.24. The van der Waals surface area contributed by atoms with Crippen LogP contribution < -0.4 is 0 Å². The summed E-state index contributed by atoms with van der Waals surface area (Å²) in [7, 11) is 2.41. The summed E-state index contributed by atoms with van der Waals surface area (Å²) in [5.41, 5.74) is 0. The van der Waals surface area contributed by atoms with E-state index in [4.69, 9.17) is 0 Å². The molecule has 0 aliphatic rings. The van der Waals surface area contributed by atoms with Crippen molar-refractivity contribution in [2.75, 3.05) is 0 Å². The highest BCUT2D eigenvalue weighted by molar-refractivity contribution is 6.38. The van der Waals surface area contributed by atoms with Crippen LogP contribution in [0.4, 0.5) is 0 Å². The van der Waals surface area contributed by atoms with E-state index in [1.54, 1.807) is 0 Å². The fourth-order valence-electron chi connectivity index (χ4n) is 1.73. The van der Waals surface area contributed by atoms with Crippen LogP contribution in [-0.4, -0.2) is 7.28 Å². The van der Waals surface area contributed by atoms with Gasteiger partial charge in [0.15, 0.2) is 0 Å². The van der Waals surface area contributed by atoms with E-state index in [0.29, 0.717) is 5.31 Å². The highest BCUT2D eigenvalue weighted by Gasteiger charge is 2.23. The molecule has 0 amide bonds. The molecule has 0 saturated heterocycles. The monoisotopic (exact) mass is 167 g/mol. The molecule has 0 rings (SSSR count). The van der Waals surface area contributed by atoms with Crippen molar-refractivity contribution in [1.82, 2.24) is 0 Å². The molecule has 0 saturated carbocycles. The Labute approximate surface area is 79.4 Å². The van der Waals surface area contributed by atoms with Crippen molar-refractivity contribution in [1.29, 1.82) is 0 Å². The lowest BCUT2D eigenvalue weighted by molar-refractivity contribution is 0.418. The molecular formula is C11H24B. The Morgan fingerprint density at radius 1 is 1.17 bits per heavy atom. The summed E-state index contributed by atoms with van der Waals surface area (Å²) in [6.45, 7) is 11.5. The predicted octanol–water partition coefficient (Wildman–Crippen LogP) is 4.15. The molecule has 0 spiro atoms. The van der Waals surface area contributed by atoms with Crippen LogP contribution in [0.25, 0.3) is 0 Å². The van der Waals surface area contributed by atoms with Gasteiger partial charge >= 0.3 is 0 Å². The van der Waals surface area contributed by atoms with Gasteiger partial charge in [-0.25, -0.2) is 0 Å². The molecule has 1 radical (unpaired) electrons. The molecule has 1 heteroatoms. The summed E-state index contributed by atoms with van der Waals surface area (Å²) < 4.78 is 0. The maximum atomic E-state index is 2.41. The van der Waals surface area contributed by atoms with Gasteiger partial charge in [0, 0.05) is 0 Å². The second-order valence-electron chi connectivity index (χ2n) is 4.29. The first-order valence-electron chi connectivity index (χ1n) is 5.40. The lowest BCUT2D eigenvalue weighted by atomic mass is 9.49. The van der Waals surface area contributed by atoms with Gasteiger partial charge in [-0.3, -0.25) is 0 Å². The van der Waals surface area contributed by atoms with E-state index in [2.05, 4.69) is 41.8 Å². The summed E-state index contributed by atoms with van der Waals surface area (Å²) in [5, 5.41) is 0.532. The van der Waals surface area contributed by atoms with Gasteiger partial charge in [0.1, 0.15) is 7.28 Å². The predicted molar refractivity (Wildman–Crippen MR) is 59.0 cm³/mol. The molecule has 0 aliphatic heterocycles. The third kappa shape index (κ3) is 3.64. The first kappa shape index (κ1) is 12.1. The summed E-state index contributed by atoms with van der Waals surface area (Å²) in [4.78, 5) is 0. The average Bonchev–Trinajstić information content (AvgIpc) is 2.08. The van der Waals surface area contributed by atoms with Gasteiger partial charge < -0.3 is 0 Å². The van der Waals surface area contributed by atoms with Crippen molar-refractivity contribution in [2.45, 2.75) is 65.5 Å². The summed E-state index contributed by atoms with van der Waals surface area (Å²) in [6, 6.07) is 0. The first-order chi connectivity index (χ1) is 5.60. The second kappa shape index (κ2) is 5.67. The van der Waals surface area contributed by atoms with E-state index < -0.39 is 0 Å². The summed E-state index contributed by atoms with van der Waals surface area (Å²) >= 11 is 0. The molecule has 0 N–H and O–H groups in total. The Morgan fingerprint density at radius 3 is 1.92 bits per heavy atom. The molecule has 0 heterocycles. The molecule has 0 aromatic carbocycles. The lowest BCUT2D eigenvalue weighted by Gasteiger charge is -2.30. The van der Waals surface area contributed by atoms with Crippen LogP contribution in [0.2, 0.25) is 12.1 Å². The normalized spacial score (nSPS) is 12.2. The largest absolute Gasteiger partial charge is 0.114 e. The van der Waals surface area contributed by atoms with Crippen LogP contribution in [0, 0.1) is 5.92 Å². The van der Waals surface area contributed by atoms with E-state index in [1.165, 1.54) is 25.7 Å². The second-order valence-corrected chi connectivity index (χ2v) is 4.29. The van der Waals surface area contributed by atoms with Crippen LogP contribution in [-0.2, 0) is 0 Å². The van der Waals surface area contributed by atoms with Crippen molar-refractivity contribution in [3.63, 3.8) is 0 Å². The molecule has 0 aliphatic carbocycles. The van der Waals surface area contributed by atoms with Crippen LogP contribution >= 0.6 is 0 Å². The Hall–Kier alpha value is 0.0649. The van der Waals surface area contributed by atoms with Gasteiger partial charge in [-0.2, -0.15) is 0 Å². The fourth-order valence-corrected chi connectivity index (χ4v) is 1.73. The zero-order valence-corrected chi connectivity index (χ0v) is 9.48. The van der Waals surface area contributed by atoms with Crippen LogP contribution in [0.15, 0.2) is 0 Å². The molecule has 0 bridgehead atoms.